The summed E-state index contributed by atoms with van der Waals surface area (Å²) in [7, 11) is 1.73. The summed E-state index contributed by atoms with van der Waals surface area (Å²) < 4.78 is 0. The zero-order chi connectivity index (χ0) is 25.7. The quantitative estimate of drug-likeness (QED) is 0.555. The fourth-order valence-corrected chi connectivity index (χ4v) is 5.01. The van der Waals surface area contributed by atoms with Gasteiger partial charge in [-0.1, -0.05) is 6.92 Å². The van der Waals surface area contributed by atoms with Crippen molar-refractivity contribution in [2.45, 2.75) is 46.1 Å². The van der Waals surface area contributed by atoms with Crippen molar-refractivity contribution in [2.24, 2.45) is 11.8 Å². The van der Waals surface area contributed by atoms with Gasteiger partial charge in [0, 0.05) is 57.6 Å². The van der Waals surface area contributed by atoms with Gasteiger partial charge in [0.2, 0.25) is 11.8 Å². The third kappa shape index (κ3) is 6.35. The number of benzene rings is 1. The van der Waals surface area contributed by atoms with Crippen LogP contribution in [0.15, 0.2) is 36.5 Å². The van der Waals surface area contributed by atoms with Gasteiger partial charge in [0.1, 0.15) is 0 Å². The lowest BCUT2D eigenvalue weighted by molar-refractivity contribution is -0.136. The van der Waals surface area contributed by atoms with E-state index in [0.717, 1.165) is 36.1 Å². The summed E-state index contributed by atoms with van der Waals surface area (Å²) >= 11 is 0. The van der Waals surface area contributed by atoms with E-state index in [0.29, 0.717) is 26.1 Å². The first kappa shape index (κ1) is 25.9. The van der Waals surface area contributed by atoms with Gasteiger partial charge in [0.15, 0.2) is 0 Å². The number of piperidine rings is 1. The Morgan fingerprint density at radius 1 is 1.22 bits per heavy atom. The molecule has 2 aliphatic rings. The third-order valence-corrected chi connectivity index (χ3v) is 7.40. The molecule has 2 saturated heterocycles. The molecule has 0 spiro atoms. The summed E-state index contributed by atoms with van der Waals surface area (Å²) in [5.74, 6) is 0.426. The molecule has 8 nitrogen and oxygen atoms in total. The van der Waals surface area contributed by atoms with E-state index in [4.69, 9.17) is 0 Å². The highest BCUT2D eigenvalue weighted by Gasteiger charge is 2.34. The zero-order valence-corrected chi connectivity index (χ0v) is 21.7. The minimum atomic E-state index is -0.332. The number of anilines is 3. The van der Waals surface area contributed by atoms with Gasteiger partial charge in [-0.05, 0) is 68.0 Å². The molecule has 2 N–H and O–H groups in total. The predicted octanol–water partition coefficient (Wildman–Crippen LogP) is 3.56. The number of rotatable bonds is 9. The van der Waals surface area contributed by atoms with Crippen LogP contribution in [-0.2, 0) is 16.1 Å². The fourth-order valence-electron chi connectivity index (χ4n) is 5.01. The van der Waals surface area contributed by atoms with E-state index >= 15 is 0 Å². The van der Waals surface area contributed by atoms with Gasteiger partial charge < -0.3 is 25.1 Å². The molecule has 2 fully saturated rings. The summed E-state index contributed by atoms with van der Waals surface area (Å²) in [6, 6.07) is 10.5. The molecule has 1 aromatic heterocycles. The Morgan fingerprint density at radius 3 is 2.61 bits per heavy atom. The van der Waals surface area contributed by atoms with Crippen molar-refractivity contribution in [3.63, 3.8) is 0 Å². The van der Waals surface area contributed by atoms with Gasteiger partial charge in [-0.25, -0.2) is 0 Å². The van der Waals surface area contributed by atoms with Gasteiger partial charge in [0.25, 0.3) is 0 Å². The van der Waals surface area contributed by atoms with Crippen molar-refractivity contribution >= 4 is 28.9 Å². The Kier molecular flexibility index (Phi) is 8.46. The number of hydrogen-bond acceptors (Lipinski definition) is 6. The Morgan fingerprint density at radius 2 is 2.00 bits per heavy atom. The largest absolute Gasteiger partial charge is 0.396 e. The first-order valence-corrected chi connectivity index (χ1v) is 13.0. The van der Waals surface area contributed by atoms with Gasteiger partial charge in [-0.3, -0.25) is 14.6 Å². The lowest BCUT2D eigenvalue weighted by Gasteiger charge is -2.32. The number of nitrogens with zero attached hydrogens (tertiary/aromatic N) is 4. The van der Waals surface area contributed by atoms with Crippen molar-refractivity contribution in [1.82, 2.24) is 14.8 Å². The molecule has 1 aromatic carbocycles. The van der Waals surface area contributed by atoms with Crippen LogP contribution in [0, 0.1) is 18.8 Å². The summed E-state index contributed by atoms with van der Waals surface area (Å²) in [5.41, 5.74) is 5.18. The first-order valence-electron chi connectivity index (χ1n) is 13.0. The monoisotopic (exact) mass is 493 g/mol. The van der Waals surface area contributed by atoms with E-state index in [2.05, 4.69) is 47.2 Å². The number of aryl methyl sites for hydroxylation is 1. The lowest BCUT2D eigenvalue weighted by Crippen LogP contribution is -2.38. The first-order chi connectivity index (χ1) is 17.3. The average Bonchev–Trinajstić information content (AvgIpc) is 3.22. The summed E-state index contributed by atoms with van der Waals surface area (Å²) in [5, 5.41) is 12.7. The van der Waals surface area contributed by atoms with Crippen molar-refractivity contribution in [3.05, 3.63) is 47.8 Å². The zero-order valence-electron chi connectivity index (χ0n) is 21.7. The molecule has 0 aliphatic carbocycles. The highest BCUT2D eigenvalue weighted by Crippen LogP contribution is 2.28. The molecule has 4 rings (SSSR count). The second-order valence-electron chi connectivity index (χ2n) is 10.3. The van der Waals surface area contributed by atoms with E-state index in [1.807, 2.05) is 12.1 Å². The number of carbonyl (C=O) groups excluding carboxylic acids is 2. The Hall–Kier alpha value is -3.13. The van der Waals surface area contributed by atoms with Gasteiger partial charge in [0.05, 0.1) is 30.0 Å². The number of aromatic nitrogens is 1. The summed E-state index contributed by atoms with van der Waals surface area (Å²) in [6.07, 6.45) is 5.02. The molecule has 3 heterocycles. The molecular weight excluding hydrogens is 454 g/mol. The van der Waals surface area contributed by atoms with Gasteiger partial charge >= 0.3 is 0 Å². The van der Waals surface area contributed by atoms with Crippen LogP contribution in [0.1, 0.15) is 43.9 Å². The number of aliphatic hydroxyl groups is 1. The molecule has 0 saturated carbocycles. The van der Waals surface area contributed by atoms with Crippen LogP contribution in [0.5, 0.6) is 0 Å². The Balaban J connectivity index is 1.38. The summed E-state index contributed by atoms with van der Waals surface area (Å²) in [6.45, 7) is 7.93. The number of hydrogen-bond donors (Lipinski definition) is 2. The standard InChI is InChI=1S/C28H39N5O3/c1-20-9-12-32(13-10-20)25-7-8-26(21(2)15-25)30-23-5-6-24(29-17-23)19-33(11-4-14-34)28(36)22-16-27(35)31(3)18-22/h5-8,15,17,20,22,30,34H,4,9-14,16,18-19H2,1-3H3. The molecular formula is C28H39N5O3. The Bertz CT molecular complexity index is 1050. The fraction of sp³-hybridized carbons (Fsp3) is 0.536. The molecule has 36 heavy (non-hydrogen) atoms. The van der Waals surface area contributed by atoms with E-state index in [-0.39, 0.29) is 30.8 Å². The summed E-state index contributed by atoms with van der Waals surface area (Å²) in [4.78, 5) is 35.3. The Labute approximate surface area is 214 Å². The van der Waals surface area contributed by atoms with Crippen molar-refractivity contribution in [1.29, 1.82) is 0 Å². The minimum Gasteiger partial charge on any atom is -0.396 e. The van der Waals surface area contributed by atoms with Crippen LogP contribution in [0.3, 0.4) is 0 Å². The average molecular weight is 494 g/mol. The van der Waals surface area contributed by atoms with Gasteiger partial charge in [-0.2, -0.15) is 0 Å². The van der Waals surface area contributed by atoms with E-state index in [9.17, 15) is 14.7 Å². The lowest BCUT2D eigenvalue weighted by atomic mass is 9.98. The number of carbonyl (C=O) groups is 2. The molecule has 2 amide bonds. The molecule has 2 aromatic rings. The van der Waals surface area contributed by atoms with Crippen LogP contribution in [-0.4, -0.2) is 71.5 Å². The van der Waals surface area contributed by atoms with Crippen molar-refractivity contribution in [3.8, 4) is 0 Å². The number of nitrogens with one attached hydrogen (secondary N) is 1. The molecule has 1 unspecified atom stereocenters. The smallest absolute Gasteiger partial charge is 0.228 e. The SMILES string of the molecule is Cc1cc(N2CCC(C)CC2)ccc1Nc1ccc(CN(CCCO)C(=O)C2CC(=O)N(C)C2)nc1. The van der Waals surface area contributed by atoms with Crippen molar-refractivity contribution in [2.75, 3.05) is 50.1 Å². The van der Waals surface area contributed by atoms with Crippen LogP contribution in [0.2, 0.25) is 0 Å². The number of likely N-dealkylation sites (tertiary alicyclic amines) is 1. The number of pyridine rings is 1. The molecule has 0 radical (unpaired) electrons. The maximum Gasteiger partial charge on any atom is 0.228 e. The maximum atomic E-state index is 13.1. The minimum absolute atomic E-state index is 0.00198. The topological polar surface area (TPSA) is 89.0 Å². The molecule has 0 bridgehead atoms. The highest BCUT2D eigenvalue weighted by atomic mass is 16.3. The van der Waals surface area contributed by atoms with E-state index in [1.54, 1.807) is 23.0 Å². The van der Waals surface area contributed by atoms with Gasteiger partial charge in [-0.15, -0.1) is 0 Å². The molecule has 1 atom stereocenters. The molecule has 194 valence electrons. The van der Waals surface area contributed by atoms with Crippen LogP contribution >= 0.6 is 0 Å². The maximum absolute atomic E-state index is 13.1. The van der Waals surface area contributed by atoms with E-state index in [1.165, 1.54) is 24.1 Å². The number of amides is 2. The molecule has 8 heteroatoms. The van der Waals surface area contributed by atoms with Crippen molar-refractivity contribution < 1.29 is 14.7 Å². The normalized spacial score (nSPS) is 18.6. The van der Waals surface area contributed by atoms with Crippen LogP contribution in [0.4, 0.5) is 17.1 Å². The number of aliphatic hydroxyl groups excluding tert-OH is 1. The van der Waals surface area contributed by atoms with Crippen LogP contribution < -0.4 is 10.2 Å². The van der Waals surface area contributed by atoms with E-state index < -0.39 is 0 Å². The highest BCUT2D eigenvalue weighted by molar-refractivity contribution is 5.89. The third-order valence-electron chi connectivity index (χ3n) is 7.40. The molecule has 2 aliphatic heterocycles. The second-order valence-corrected chi connectivity index (χ2v) is 10.3. The second kappa shape index (κ2) is 11.7. The van der Waals surface area contributed by atoms with Crippen LogP contribution in [0.25, 0.3) is 0 Å². The predicted molar refractivity (Wildman–Crippen MR) is 142 cm³/mol.